The van der Waals surface area contributed by atoms with Gasteiger partial charge >= 0.3 is 0 Å². The van der Waals surface area contributed by atoms with E-state index in [4.69, 9.17) is 5.10 Å². The molecule has 0 aliphatic rings. The number of rotatable bonds is 9. The van der Waals surface area contributed by atoms with Crippen LogP contribution >= 0.6 is 0 Å². The number of nitrogens with one attached hydrogen (secondary N) is 1. The van der Waals surface area contributed by atoms with Crippen molar-refractivity contribution >= 4 is 5.52 Å². The molecule has 0 saturated carbocycles. The summed E-state index contributed by atoms with van der Waals surface area (Å²) in [5.41, 5.74) is 5.65. The van der Waals surface area contributed by atoms with Crippen molar-refractivity contribution in [3.05, 3.63) is 127 Å². The third-order valence-electron chi connectivity index (χ3n) is 7.19. The van der Waals surface area contributed by atoms with Gasteiger partial charge in [0.1, 0.15) is 35.8 Å². The number of hydrogen-bond donors (Lipinski definition) is 1. The van der Waals surface area contributed by atoms with Gasteiger partial charge in [0.25, 0.3) is 0 Å². The molecule has 2 aromatic carbocycles. The molecule has 7 nitrogen and oxygen atoms in total. The fourth-order valence-electron chi connectivity index (χ4n) is 5.03. The van der Waals surface area contributed by atoms with Gasteiger partial charge in [0.2, 0.25) is 0 Å². The van der Waals surface area contributed by atoms with Gasteiger partial charge in [0.15, 0.2) is 0 Å². The van der Waals surface area contributed by atoms with E-state index in [9.17, 15) is 13.2 Å². The van der Waals surface area contributed by atoms with Crippen molar-refractivity contribution in [1.29, 1.82) is 0 Å². The standard InChI is InChI=1S/C31H26F3N7/c1-20(37-15-24(16-40-19-36-18-38-40)27-8-7-26(33)14-28(27)34)23-4-9-29-30(21-10-12-35-13-11-21)31(39-41(29)17-23)22-2-5-25(32)6-3-22/h2-14,17-20,24,37H,15-16H2,1H3. The zero-order valence-corrected chi connectivity index (χ0v) is 22.1. The normalized spacial score (nSPS) is 13.0. The number of aromatic nitrogens is 6. The highest BCUT2D eigenvalue weighted by Gasteiger charge is 2.21. The molecule has 0 aliphatic carbocycles. The summed E-state index contributed by atoms with van der Waals surface area (Å²) in [7, 11) is 0. The summed E-state index contributed by atoms with van der Waals surface area (Å²) < 4.78 is 45.5. The monoisotopic (exact) mass is 553 g/mol. The van der Waals surface area contributed by atoms with E-state index in [1.54, 1.807) is 35.5 Å². The van der Waals surface area contributed by atoms with Crippen LogP contribution in [0.5, 0.6) is 0 Å². The van der Waals surface area contributed by atoms with E-state index in [0.717, 1.165) is 39.5 Å². The van der Waals surface area contributed by atoms with E-state index < -0.39 is 11.6 Å². The Balaban J connectivity index is 1.30. The van der Waals surface area contributed by atoms with Crippen molar-refractivity contribution in [1.82, 2.24) is 34.7 Å². The Hall–Kier alpha value is -4.83. The second-order valence-corrected chi connectivity index (χ2v) is 9.87. The van der Waals surface area contributed by atoms with Gasteiger partial charge in [0.05, 0.1) is 12.1 Å². The smallest absolute Gasteiger partial charge is 0.137 e. The molecule has 2 unspecified atom stereocenters. The lowest BCUT2D eigenvalue weighted by Gasteiger charge is -2.22. The third-order valence-corrected chi connectivity index (χ3v) is 7.19. The fourth-order valence-corrected chi connectivity index (χ4v) is 5.03. The summed E-state index contributed by atoms with van der Waals surface area (Å²) in [6.07, 6.45) is 8.41. The number of benzene rings is 2. The predicted octanol–water partition coefficient (Wildman–Crippen LogP) is 6.21. The first-order valence-electron chi connectivity index (χ1n) is 13.2. The van der Waals surface area contributed by atoms with E-state index in [1.165, 1.54) is 30.6 Å². The molecule has 6 rings (SSSR count). The zero-order chi connectivity index (χ0) is 28.3. The quantitative estimate of drug-likeness (QED) is 0.231. The number of pyridine rings is 2. The molecule has 0 aliphatic heterocycles. The summed E-state index contributed by atoms with van der Waals surface area (Å²) >= 11 is 0. The Morgan fingerprint density at radius 3 is 2.37 bits per heavy atom. The lowest BCUT2D eigenvalue weighted by atomic mass is 9.97. The number of hydrogen-bond acceptors (Lipinski definition) is 5. The molecular weight excluding hydrogens is 527 g/mol. The first kappa shape index (κ1) is 26.4. The molecule has 10 heteroatoms. The molecule has 2 atom stereocenters. The van der Waals surface area contributed by atoms with Gasteiger partial charge in [-0.15, -0.1) is 0 Å². The van der Waals surface area contributed by atoms with Gasteiger partial charge in [-0.05, 0) is 72.1 Å². The maximum atomic E-state index is 14.7. The van der Waals surface area contributed by atoms with Gasteiger partial charge in [-0.1, -0.05) is 12.1 Å². The van der Waals surface area contributed by atoms with Crippen molar-refractivity contribution < 1.29 is 13.2 Å². The van der Waals surface area contributed by atoms with Crippen molar-refractivity contribution in [2.45, 2.75) is 25.4 Å². The highest BCUT2D eigenvalue weighted by Crippen LogP contribution is 2.35. The number of fused-ring (bicyclic) bond motifs is 1. The molecule has 0 amide bonds. The summed E-state index contributed by atoms with van der Waals surface area (Å²) in [5.74, 6) is -1.85. The van der Waals surface area contributed by atoms with Gasteiger partial charge in [-0.2, -0.15) is 10.2 Å². The van der Waals surface area contributed by atoms with Crippen LogP contribution in [0.2, 0.25) is 0 Å². The fraction of sp³-hybridized carbons (Fsp3) is 0.161. The maximum absolute atomic E-state index is 14.7. The van der Waals surface area contributed by atoms with E-state index >= 15 is 0 Å². The van der Waals surface area contributed by atoms with Gasteiger partial charge in [-0.25, -0.2) is 22.7 Å². The number of halogens is 3. The molecule has 0 saturated heterocycles. The molecule has 1 N–H and O–H groups in total. The molecule has 0 bridgehead atoms. The van der Waals surface area contributed by atoms with Crippen LogP contribution in [-0.4, -0.2) is 35.9 Å². The summed E-state index contributed by atoms with van der Waals surface area (Å²) in [5, 5.41) is 12.5. The predicted molar refractivity (Wildman–Crippen MR) is 149 cm³/mol. The summed E-state index contributed by atoms with van der Waals surface area (Å²) in [6.45, 7) is 2.80. The van der Waals surface area contributed by atoms with Crippen LogP contribution in [0.15, 0.2) is 98.0 Å². The van der Waals surface area contributed by atoms with Gasteiger partial charge < -0.3 is 5.32 Å². The Morgan fingerprint density at radius 1 is 0.854 bits per heavy atom. The Bertz CT molecular complexity index is 1770. The van der Waals surface area contributed by atoms with Crippen molar-refractivity contribution in [3.63, 3.8) is 0 Å². The Morgan fingerprint density at radius 2 is 1.63 bits per heavy atom. The third kappa shape index (κ3) is 5.59. The molecule has 0 spiro atoms. The molecule has 41 heavy (non-hydrogen) atoms. The van der Waals surface area contributed by atoms with Gasteiger partial charge in [0, 0.05) is 54.3 Å². The first-order valence-corrected chi connectivity index (χ1v) is 13.2. The lowest BCUT2D eigenvalue weighted by Crippen LogP contribution is -2.28. The van der Waals surface area contributed by atoms with E-state index in [0.29, 0.717) is 18.7 Å². The minimum atomic E-state index is -0.620. The average molecular weight is 554 g/mol. The molecular formula is C31H26F3N7. The summed E-state index contributed by atoms with van der Waals surface area (Å²) in [4.78, 5) is 8.12. The SMILES string of the molecule is CC(NCC(Cn1cncn1)c1ccc(F)cc1F)c1ccc2c(-c3ccncc3)c(-c3ccc(F)cc3)nn2c1. The molecule has 0 radical (unpaired) electrons. The molecule has 206 valence electrons. The zero-order valence-electron chi connectivity index (χ0n) is 22.1. The van der Waals surface area contributed by atoms with Gasteiger partial charge in [-0.3, -0.25) is 9.67 Å². The highest BCUT2D eigenvalue weighted by atomic mass is 19.1. The lowest BCUT2D eigenvalue weighted by molar-refractivity contribution is 0.439. The van der Waals surface area contributed by atoms with Crippen LogP contribution in [0.4, 0.5) is 13.2 Å². The Labute approximate surface area is 234 Å². The van der Waals surface area contributed by atoms with Crippen molar-refractivity contribution in [3.8, 4) is 22.4 Å². The van der Waals surface area contributed by atoms with Crippen LogP contribution in [0.1, 0.15) is 30.0 Å². The van der Waals surface area contributed by atoms with E-state index in [1.807, 2.05) is 41.9 Å². The van der Waals surface area contributed by atoms with Crippen LogP contribution in [0, 0.1) is 17.5 Å². The van der Waals surface area contributed by atoms with E-state index in [2.05, 4.69) is 20.4 Å². The molecule has 0 fully saturated rings. The summed E-state index contributed by atoms with van der Waals surface area (Å²) in [6, 6.07) is 17.7. The van der Waals surface area contributed by atoms with E-state index in [-0.39, 0.29) is 17.8 Å². The topological polar surface area (TPSA) is 72.9 Å². The Kier molecular flexibility index (Phi) is 7.30. The number of nitrogens with zero attached hydrogens (tertiary/aromatic N) is 6. The average Bonchev–Trinajstić information content (AvgIpc) is 3.63. The largest absolute Gasteiger partial charge is 0.309 e. The van der Waals surface area contributed by atoms with Crippen molar-refractivity contribution in [2.75, 3.05) is 6.54 Å². The first-order chi connectivity index (χ1) is 20.0. The molecule has 6 aromatic rings. The highest BCUT2D eigenvalue weighted by molar-refractivity contribution is 5.92. The minimum absolute atomic E-state index is 0.121. The molecule has 4 heterocycles. The van der Waals surface area contributed by atoms with Crippen LogP contribution in [0.3, 0.4) is 0 Å². The van der Waals surface area contributed by atoms with Crippen LogP contribution in [-0.2, 0) is 6.54 Å². The van der Waals surface area contributed by atoms with Crippen LogP contribution in [0.25, 0.3) is 27.9 Å². The maximum Gasteiger partial charge on any atom is 0.137 e. The second-order valence-electron chi connectivity index (χ2n) is 9.87. The second kappa shape index (κ2) is 11.3. The van der Waals surface area contributed by atoms with Crippen molar-refractivity contribution in [2.24, 2.45) is 0 Å². The van der Waals surface area contributed by atoms with Crippen LogP contribution < -0.4 is 5.32 Å². The minimum Gasteiger partial charge on any atom is -0.309 e. The molecule has 4 aromatic heterocycles.